The molecule has 1 fully saturated rings. The van der Waals surface area contributed by atoms with Crippen LogP contribution in [0, 0.1) is 18.8 Å². The Morgan fingerprint density at radius 1 is 1.24 bits per heavy atom. The molecular weight excluding hydrogens is 260 g/mol. The first-order valence-electron chi connectivity index (χ1n) is 7.88. The van der Waals surface area contributed by atoms with Crippen molar-refractivity contribution in [1.82, 2.24) is 9.88 Å². The van der Waals surface area contributed by atoms with E-state index in [2.05, 4.69) is 42.8 Å². The maximum atomic E-state index is 12.7. The summed E-state index contributed by atoms with van der Waals surface area (Å²) >= 11 is 0. The van der Waals surface area contributed by atoms with Crippen LogP contribution < -0.4 is 0 Å². The lowest BCUT2D eigenvalue weighted by Gasteiger charge is -2.35. The Morgan fingerprint density at radius 3 is 2.62 bits per heavy atom. The van der Waals surface area contributed by atoms with Gasteiger partial charge in [-0.2, -0.15) is 0 Å². The van der Waals surface area contributed by atoms with Crippen molar-refractivity contribution in [3.63, 3.8) is 0 Å². The van der Waals surface area contributed by atoms with E-state index in [0.717, 1.165) is 29.9 Å². The highest BCUT2D eigenvalue weighted by molar-refractivity contribution is 5.90. The Balaban J connectivity index is 1.81. The molecule has 3 heteroatoms. The van der Waals surface area contributed by atoms with Crippen LogP contribution in [0.3, 0.4) is 0 Å². The fraction of sp³-hybridized carbons (Fsp3) is 0.500. The topological polar surface area (TPSA) is 36.1 Å². The van der Waals surface area contributed by atoms with Crippen molar-refractivity contribution in [3.05, 3.63) is 35.5 Å². The molecule has 21 heavy (non-hydrogen) atoms. The number of amides is 1. The van der Waals surface area contributed by atoms with Crippen molar-refractivity contribution >= 4 is 16.8 Å². The van der Waals surface area contributed by atoms with Gasteiger partial charge in [0.2, 0.25) is 5.91 Å². The zero-order valence-electron chi connectivity index (χ0n) is 13.1. The minimum Gasteiger partial charge on any atom is -0.358 e. The van der Waals surface area contributed by atoms with E-state index in [4.69, 9.17) is 0 Å². The van der Waals surface area contributed by atoms with Crippen LogP contribution in [-0.2, 0) is 11.2 Å². The number of aromatic amines is 1. The second-order valence-electron chi connectivity index (χ2n) is 6.70. The minimum absolute atomic E-state index is 0.265. The van der Waals surface area contributed by atoms with Crippen LogP contribution in [0.5, 0.6) is 0 Å². The molecular formula is C18H24N2O. The summed E-state index contributed by atoms with van der Waals surface area (Å²) in [4.78, 5) is 18.1. The minimum atomic E-state index is 0.265. The van der Waals surface area contributed by atoms with Crippen LogP contribution >= 0.6 is 0 Å². The molecule has 1 N–H and O–H groups in total. The first kappa shape index (κ1) is 14.2. The molecule has 2 atom stereocenters. The standard InChI is InChI=1S/C18H24N2O/c1-12-8-13(2)11-20(10-12)18(21)9-16-14(3)19-17-7-5-4-6-15(16)17/h4-7,12-13,19H,8-11H2,1-3H3/t12-,13-/m1/s1. The molecule has 3 rings (SSSR count). The van der Waals surface area contributed by atoms with Crippen molar-refractivity contribution in [2.24, 2.45) is 11.8 Å². The molecule has 1 aliphatic rings. The Morgan fingerprint density at radius 2 is 1.90 bits per heavy atom. The highest BCUT2D eigenvalue weighted by Gasteiger charge is 2.26. The van der Waals surface area contributed by atoms with Gasteiger partial charge in [-0.25, -0.2) is 0 Å². The SMILES string of the molecule is Cc1[nH]c2ccccc2c1CC(=O)N1C[C@H](C)C[C@@H](C)C1. The number of H-pyrrole nitrogens is 1. The molecule has 0 saturated carbocycles. The first-order chi connectivity index (χ1) is 10.0. The highest BCUT2D eigenvalue weighted by atomic mass is 16.2. The largest absolute Gasteiger partial charge is 0.358 e. The molecule has 1 amide bonds. The normalized spacial score (nSPS) is 22.7. The number of hydrogen-bond acceptors (Lipinski definition) is 1. The highest BCUT2D eigenvalue weighted by Crippen LogP contribution is 2.25. The van der Waals surface area contributed by atoms with Gasteiger partial charge in [-0.15, -0.1) is 0 Å². The summed E-state index contributed by atoms with van der Waals surface area (Å²) in [5.41, 5.74) is 3.39. The molecule has 0 unspecified atom stereocenters. The molecule has 1 aliphatic heterocycles. The average molecular weight is 284 g/mol. The molecule has 0 bridgehead atoms. The Kier molecular flexibility index (Phi) is 3.75. The summed E-state index contributed by atoms with van der Waals surface area (Å²) in [5.74, 6) is 1.49. The molecule has 0 aliphatic carbocycles. The quantitative estimate of drug-likeness (QED) is 0.900. The summed E-state index contributed by atoms with van der Waals surface area (Å²) < 4.78 is 0. The van der Waals surface area contributed by atoms with E-state index in [1.54, 1.807) is 0 Å². The molecule has 1 aromatic heterocycles. The van der Waals surface area contributed by atoms with E-state index in [1.807, 2.05) is 12.1 Å². The van der Waals surface area contributed by atoms with Crippen molar-refractivity contribution in [2.45, 2.75) is 33.6 Å². The van der Waals surface area contributed by atoms with E-state index in [9.17, 15) is 4.79 Å². The zero-order chi connectivity index (χ0) is 15.0. The number of likely N-dealkylation sites (tertiary alicyclic amines) is 1. The van der Waals surface area contributed by atoms with Crippen molar-refractivity contribution < 1.29 is 4.79 Å². The van der Waals surface area contributed by atoms with Crippen LogP contribution in [0.2, 0.25) is 0 Å². The number of aromatic nitrogens is 1. The first-order valence-corrected chi connectivity index (χ1v) is 7.88. The van der Waals surface area contributed by atoms with E-state index < -0.39 is 0 Å². The number of benzene rings is 1. The molecule has 2 aromatic rings. The second-order valence-corrected chi connectivity index (χ2v) is 6.70. The zero-order valence-corrected chi connectivity index (χ0v) is 13.1. The summed E-state index contributed by atoms with van der Waals surface area (Å²) in [6.07, 6.45) is 1.74. The summed E-state index contributed by atoms with van der Waals surface area (Å²) in [5, 5.41) is 1.18. The lowest BCUT2D eigenvalue weighted by atomic mass is 9.91. The molecule has 0 spiro atoms. The maximum Gasteiger partial charge on any atom is 0.227 e. The average Bonchev–Trinajstić information content (AvgIpc) is 2.74. The van der Waals surface area contributed by atoms with Gasteiger partial charge in [0.1, 0.15) is 0 Å². The molecule has 1 saturated heterocycles. The van der Waals surface area contributed by atoms with Crippen LogP contribution in [0.15, 0.2) is 24.3 Å². The number of rotatable bonds is 2. The number of carbonyl (C=O) groups is 1. The predicted octanol–water partition coefficient (Wildman–Crippen LogP) is 3.52. The third kappa shape index (κ3) is 2.82. The Hall–Kier alpha value is -1.77. The molecule has 3 nitrogen and oxygen atoms in total. The summed E-state index contributed by atoms with van der Waals surface area (Å²) in [6, 6.07) is 8.23. The van der Waals surface area contributed by atoms with Crippen LogP contribution in [-0.4, -0.2) is 28.9 Å². The fourth-order valence-corrected chi connectivity index (χ4v) is 3.69. The van der Waals surface area contributed by atoms with Crippen molar-refractivity contribution in [1.29, 1.82) is 0 Å². The lowest BCUT2D eigenvalue weighted by molar-refractivity contribution is -0.133. The fourth-order valence-electron chi connectivity index (χ4n) is 3.69. The summed E-state index contributed by atoms with van der Waals surface area (Å²) in [6.45, 7) is 8.36. The number of para-hydroxylation sites is 1. The third-order valence-electron chi connectivity index (χ3n) is 4.58. The smallest absolute Gasteiger partial charge is 0.227 e. The van der Waals surface area contributed by atoms with Gasteiger partial charge in [0.05, 0.1) is 6.42 Å². The second kappa shape index (κ2) is 5.55. The van der Waals surface area contributed by atoms with E-state index >= 15 is 0 Å². The van der Waals surface area contributed by atoms with Crippen LogP contribution in [0.4, 0.5) is 0 Å². The molecule has 0 radical (unpaired) electrons. The number of carbonyl (C=O) groups excluding carboxylic acids is 1. The van der Waals surface area contributed by atoms with Gasteiger partial charge in [-0.05, 0) is 36.8 Å². The van der Waals surface area contributed by atoms with Gasteiger partial charge >= 0.3 is 0 Å². The number of piperidine rings is 1. The van der Waals surface area contributed by atoms with Gasteiger partial charge < -0.3 is 9.88 Å². The van der Waals surface area contributed by atoms with Gasteiger partial charge in [0, 0.05) is 29.7 Å². The van der Waals surface area contributed by atoms with Gasteiger partial charge in [0.15, 0.2) is 0 Å². The molecule has 1 aromatic carbocycles. The number of aryl methyl sites for hydroxylation is 1. The van der Waals surface area contributed by atoms with E-state index in [0.29, 0.717) is 18.3 Å². The summed E-state index contributed by atoms with van der Waals surface area (Å²) in [7, 11) is 0. The molecule has 2 heterocycles. The number of nitrogens with zero attached hydrogens (tertiary/aromatic N) is 1. The van der Waals surface area contributed by atoms with E-state index in [1.165, 1.54) is 11.8 Å². The molecule has 112 valence electrons. The van der Waals surface area contributed by atoms with Crippen molar-refractivity contribution in [2.75, 3.05) is 13.1 Å². The van der Waals surface area contributed by atoms with Gasteiger partial charge in [-0.1, -0.05) is 32.0 Å². The van der Waals surface area contributed by atoms with E-state index in [-0.39, 0.29) is 5.91 Å². The third-order valence-corrected chi connectivity index (χ3v) is 4.58. The number of nitrogens with one attached hydrogen (secondary N) is 1. The van der Waals surface area contributed by atoms with Crippen LogP contribution in [0.25, 0.3) is 10.9 Å². The Labute approximate surface area is 126 Å². The maximum absolute atomic E-state index is 12.7. The van der Waals surface area contributed by atoms with Gasteiger partial charge in [-0.3, -0.25) is 4.79 Å². The van der Waals surface area contributed by atoms with Crippen LogP contribution in [0.1, 0.15) is 31.5 Å². The lowest BCUT2D eigenvalue weighted by Crippen LogP contribution is -2.43. The Bertz CT molecular complexity index is 648. The predicted molar refractivity (Wildman–Crippen MR) is 86.3 cm³/mol. The van der Waals surface area contributed by atoms with Crippen molar-refractivity contribution in [3.8, 4) is 0 Å². The monoisotopic (exact) mass is 284 g/mol. The van der Waals surface area contributed by atoms with Gasteiger partial charge in [0.25, 0.3) is 0 Å². The number of hydrogen-bond donors (Lipinski definition) is 1. The number of fused-ring (bicyclic) bond motifs is 1.